The third-order valence-corrected chi connectivity index (χ3v) is 7.53. The maximum Gasteiger partial charge on any atom is 0.251 e. The highest BCUT2D eigenvalue weighted by Gasteiger charge is 2.29. The van der Waals surface area contributed by atoms with Crippen LogP contribution in [0.3, 0.4) is 0 Å². The lowest BCUT2D eigenvalue weighted by atomic mass is 10.1. The van der Waals surface area contributed by atoms with E-state index in [9.17, 15) is 13.2 Å². The van der Waals surface area contributed by atoms with Crippen LogP contribution in [0.2, 0.25) is 0 Å². The molecular formula is C22H22N2O6S. The first-order valence-corrected chi connectivity index (χ1v) is 11.6. The predicted octanol–water partition coefficient (Wildman–Crippen LogP) is 2.04. The molecule has 0 saturated carbocycles. The number of fused-ring (bicyclic) bond motifs is 2. The van der Waals surface area contributed by atoms with E-state index < -0.39 is 10.0 Å². The molecule has 31 heavy (non-hydrogen) atoms. The van der Waals surface area contributed by atoms with Crippen molar-refractivity contribution in [1.29, 1.82) is 0 Å². The third kappa shape index (κ3) is 3.80. The molecule has 3 heterocycles. The molecule has 3 aliphatic heterocycles. The number of carbonyl (C=O) groups excluding carboxylic acids is 1. The lowest BCUT2D eigenvalue weighted by Crippen LogP contribution is -2.40. The summed E-state index contributed by atoms with van der Waals surface area (Å²) in [6, 6.07) is 10.5. The molecule has 2 aromatic carbocycles. The van der Waals surface area contributed by atoms with Crippen molar-refractivity contribution in [3.63, 3.8) is 0 Å². The van der Waals surface area contributed by atoms with Crippen LogP contribution in [0, 0.1) is 0 Å². The molecule has 0 atom stereocenters. The molecule has 0 spiro atoms. The first-order chi connectivity index (χ1) is 15.0. The van der Waals surface area contributed by atoms with Crippen molar-refractivity contribution in [3.05, 3.63) is 53.6 Å². The van der Waals surface area contributed by atoms with Crippen LogP contribution >= 0.6 is 0 Å². The van der Waals surface area contributed by atoms with Gasteiger partial charge in [-0.2, -0.15) is 4.31 Å². The van der Waals surface area contributed by atoms with Gasteiger partial charge in [0.15, 0.2) is 11.5 Å². The summed E-state index contributed by atoms with van der Waals surface area (Å²) in [4.78, 5) is 14.7. The molecule has 3 aliphatic rings. The number of anilines is 1. The van der Waals surface area contributed by atoms with Crippen molar-refractivity contribution in [2.24, 2.45) is 0 Å². The third-order valence-electron chi connectivity index (χ3n) is 5.64. The summed E-state index contributed by atoms with van der Waals surface area (Å²) in [5, 5.41) is 0. The summed E-state index contributed by atoms with van der Waals surface area (Å²) in [5.41, 5.74) is 2.45. The molecule has 0 radical (unpaired) electrons. The number of nitrogens with zero attached hydrogens (tertiary/aromatic N) is 2. The van der Waals surface area contributed by atoms with Gasteiger partial charge < -0.3 is 19.1 Å². The first-order valence-electron chi connectivity index (χ1n) is 10.1. The molecular weight excluding hydrogens is 420 g/mol. The molecule has 0 N–H and O–H groups in total. The summed E-state index contributed by atoms with van der Waals surface area (Å²) in [5.74, 6) is 1.20. The lowest BCUT2D eigenvalue weighted by Gasteiger charge is -2.26. The van der Waals surface area contributed by atoms with Crippen LogP contribution in [-0.2, 0) is 26.0 Å². The number of sulfonamides is 1. The Kier molecular flexibility index (Phi) is 5.17. The van der Waals surface area contributed by atoms with Gasteiger partial charge in [-0.15, -0.1) is 0 Å². The Balaban J connectivity index is 1.33. The monoisotopic (exact) mass is 442 g/mol. The summed E-state index contributed by atoms with van der Waals surface area (Å²) in [6.45, 7) is 2.24. The number of hydrogen-bond donors (Lipinski definition) is 0. The SMILES string of the molecule is O=C(/C=C/c1ccc2c(c1)OCO2)N1CCc2cc(S(=O)(=O)N3CCOCC3)ccc21. The summed E-state index contributed by atoms with van der Waals surface area (Å²) in [7, 11) is -3.56. The van der Waals surface area contributed by atoms with Crippen LogP contribution in [0.5, 0.6) is 11.5 Å². The van der Waals surface area contributed by atoms with Crippen molar-refractivity contribution in [2.45, 2.75) is 11.3 Å². The maximum atomic E-state index is 12.9. The van der Waals surface area contributed by atoms with Gasteiger partial charge in [0.25, 0.3) is 5.91 Å². The molecule has 0 bridgehead atoms. The van der Waals surface area contributed by atoms with E-state index in [0.717, 1.165) is 16.8 Å². The molecule has 0 aliphatic carbocycles. The van der Waals surface area contributed by atoms with Gasteiger partial charge in [0.05, 0.1) is 18.1 Å². The maximum absolute atomic E-state index is 12.9. The Hall–Kier alpha value is -2.88. The molecule has 2 aromatic rings. The molecule has 1 saturated heterocycles. The Morgan fingerprint density at radius 2 is 1.77 bits per heavy atom. The van der Waals surface area contributed by atoms with Crippen LogP contribution < -0.4 is 14.4 Å². The van der Waals surface area contributed by atoms with E-state index in [2.05, 4.69) is 0 Å². The number of carbonyl (C=O) groups is 1. The number of morpholine rings is 1. The minimum absolute atomic E-state index is 0.153. The van der Waals surface area contributed by atoms with Crippen LogP contribution in [0.4, 0.5) is 5.69 Å². The number of ether oxygens (including phenoxy) is 3. The smallest absolute Gasteiger partial charge is 0.251 e. The second-order valence-corrected chi connectivity index (χ2v) is 9.43. The van der Waals surface area contributed by atoms with E-state index in [4.69, 9.17) is 14.2 Å². The molecule has 8 nitrogen and oxygen atoms in total. The van der Waals surface area contributed by atoms with Crippen molar-refractivity contribution < 1.29 is 27.4 Å². The van der Waals surface area contributed by atoms with Crippen LogP contribution in [0.1, 0.15) is 11.1 Å². The quantitative estimate of drug-likeness (QED) is 0.674. The number of hydrogen-bond acceptors (Lipinski definition) is 6. The zero-order valence-corrected chi connectivity index (χ0v) is 17.6. The predicted molar refractivity (Wildman–Crippen MR) is 114 cm³/mol. The van der Waals surface area contributed by atoms with Gasteiger partial charge in [-0.25, -0.2) is 8.42 Å². The highest BCUT2D eigenvalue weighted by atomic mass is 32.2. The highest BCUT2D eigenvalue weighted by Crippen LogP contribution is 2.34. The molecule has 9 heteroatoms. The largest absolute Gasteiger partial charge is 0.454 e. The Morgan fingerprint density at radius 3 is 2.61 bits per heavy atom. The van der Waals surface area contributed by atoms with Gasteiger partial charge in [0.1, 0.15) is 0 Å². The Morgan fingerprint density at radius 1 is 0.968 bits per heavy atom. The van der Waals surface area contributed by atoms with Gasteiger partial charge in [0, 0.05) is 31.4 Å². The average molecular weight is 442 g/mol. The van der Waals surface area contributed by atoms with Gasteiger partial charge in [-0.1, -0.05) is 6.07 Å². The van der Waals surface area contributed by atoms with Gasteiger partial charge in [-0.05, 0) is 54.0 Å². The normalized spacial score (nSPS) is 18.5. The summed E-state index contributed by atoms with van der Waals surface area (Å²) >= 11 is 0. The fraction of sp³-hybridized carbons (Fsp3) is 0.318. The molecule has 5 rings (SSSR count). The average Bonchev–Trinajstić information content (AvgIpc) is 3.44. The molecule has 0 unspecified atom stereocenters. The molecule has 0 aromatic heterocycles. The number of rotatable bonds is 4. The fourth-order valence-electron chi connectivity index (χ4n) is 3.98. The Bertz CT molecular complexity index is 1150. The highest BCUT2D eigenvalue weighted by molar-refractivity contribution is 7.89. The second kappa shape index (κ2) is 7.99. The van der Waals surface area contributed by atoms with Crippen LogP contribution in [-0.4, -0.2) is 58.3 Å². The van der Waals surface area contributed by atoms with Crippen molar-refractivity contribution in [2.75, 3.05) is 44.5 Å². The van der Waals surface area contributed by atoms with Gasteiger partial charge >= 0.3 is 0 Å². The van der Waals surface area contributed by atoms with Crippen molar-refractivity contribution in [1.82, 2.24) is 4.31 Å². The second-order valence-electron chi connectivity index (χ2n) is 7.49. The molecule has 1 fully saturated rings. The van der Waals surface area contributed by atoms with E-state index in [1.54, 1.807) is 29.2 Å². The summed E-state index contributed by atoms with van der Waals surface area (Å²) < 4.78 is 43.2. The zero-order chi connectivity index (χ0) is 21.4. The van der Waals surface area contributed by atoms with Crippen molar-refractivity contribution in [3.8, 4) is 11.5 Å². The first kappa shape index (κ1) is 20.0. The number of benzene rings is 2. The van der Waals surface area contributed by atoms with E-state index in [1.165, 1.54) is 10.4 Å². The summed E-state index contributed by atoms with van der Waals surface area (Å²) in [6.07, 6.45) is 3.87. The zero-order valence-electron chi connectivity index (χ0n) is 16.8. The van der Waals surface area contributed by atoms with Crippen molar-refractivity contribution >= 4 is 27.7 Å². The minimum Gasteiger partial charge on any atom is -0.454 e. The fourth-order valence-corrected chi connectivity index (χ4v) is 5.44. The van der Waals surface area contributed by atoms with Crippen LogP contribution in [0.15, 0.2) is 47.4 Å². The van der Waals surface area contributed by atoms with Crippen LogP contribution in [0.25, 0.3) is 6.08 Å². The van der Waals surface area contributed by atoms with E-state index >= 15 is 0 Å². The van der Waals surface area contributed by atoms with E-state index in [0.29, 0.717) is 50.8 Å². The minimum atomic E-state index is -3.56. The Labute approximate surface area is 180 Å². The van der Waals surface area contributed by atoms with Gasteiger partial charge in [0.2, 0.25) is 16.8 Å². The molecule has 1 amide bonds. The lowest BCUT2D eigenvalue weighted by molar-refractivity contribution is -0.114. The standard InChI is InChI=1S/C22H22N2O6S/c25-22(6-2-16-1-5-20-21(13-16)30-15-29-20)24-8-7-17-14-18(3-4-19(17)24)31(26,27)23-9-11-28-12-10-23/h1-6,13-14H,7-12,15H2/b6-2+. The van der Waals surface area contributed by atoms with Gasteiger partial charge in [-0.3, -0.25) is 4.79 Å². The number of amides is 1. The molecule has 162 valence electrons. The topological polar surface area (TPSA) is 85.4 Å². The van der Waals surface area contributed by atoms with E-state index in [-0.39, 0.29) is 17.6 Å². The van der Waals surface area contributed by atoms with E-state index in [1.807, 2.05) is 18.2 Å².